The highest BCUT2D eigenvalue weighted by Gasteiger charge is 2.21. The highest BCUT2D eigenvalue weighted by Crippen LogP contribution is 2.21. The summed E-state index contributed by atoms with van der Waals surface area (Å²) in [6.45, 7) is 4.20. The van der Waals surface area contributed by atoms with Crippen LogP contribution in [0.4, 0.5) is 0 Å². The summed E-state index contributed by atoms with van der Waals surface area (Å²) in [5.41, 5.74) is 3.02. The summed E-state index contributed by atoms with van der Waals surface area (Å²) < 4.78 is 0. The maximum absolute atomic E-state index is 12.2. The fraction of sp³-hybridized carbons (Fsp3) is 0.545. The van der Waals surface area contributed by atoms with Gasteiger partial charge in [-0.25, -0.2) is 4.79 Å². The number of aromatic amines is 1. The predicted molar refractivity (Wildman–Crippen MR) is 109 cm³/mol. The number of carbonyl (C=O) groups is 2. The van der Waals surface area contributed by atoms with Crippen molar-refractivity contribution < 1.29 is 14.7 Å². The molecule has 0 saturated heterocycles. The second-order valence-corrected chi connectivity index (χ2v) is 7.40. The van der Waals surface area contributed by atoms with Gasteiger partial charge in [0.25, 0.3) is 0 Å². The third kappa shape index (κ3) is 6.74. The van der Waals surface area contributed by atoms with E-state index in [4.69, 9.17) is 0 Å². The Labute approximate surface area is 161 Å². The van der Waals surface area contributed by atoms with Crippen molar-refractivity contribution in [3.63, 3.8) is 0 Å². The number of hydrogen-bond acceptors (Lipinski definition) is 2. The third-order valence-electron chi connectivity index (χ3n) is 4.99. The fourth-order valence-electron chi connectivity index (χ4n) is 3.39. The lowest BCUT2D eigenvalue weighted by Crippen LogP contribution is -2.42. The summed E-state index contributed by atoms with van der Waals surface area (Å²) in [7, 11) is 0. The van der Waals surface area contributed by atoms with Gasteiger partial charge in [-0.1, -0.05) is 57.1 Å². The highest BCUT2D eigenvalue weighted by atomic mass is 16.4. The quantitative estimate of drug-likeness (QED) is 0.471. The molecule has 2 aromatic rings. The Hall–Kier alpha value is -2.30. The number of amides is 1. The van der Waals surface area contributed by atoms with Gasteiger partial charge in [0.1, 0.15) is 6.04 Å². The van der Waals surface area contributed by atoms with E-state index in [9.17, 15) is 14.7 Å². The first-order valence-corrected chi connectivity index (χ1v) is 10.1. The Morgan fingerprint density at radius 2 is 1.81 bits per heavy atom. The number of hydrogen-bond donors (Lipinski definition) is 3. The molecule has 5 heteroatoms. The minimum Gasteiger partial charge on any atom is -0.480 e. The molecule has 1 atom stereocenters. The molecule has 148 valence electrons. The summed E-state index contributed by atoms with van der Waals surface area (Å²) in [5, 5.41) is 13.2. The van der Waals surface area contributed by atoms with Crippen molar-refractivity contribution in [1.82, 2.24) is 10.3 Å². The van der Waals surface area contributed by atoms with Crippen molar-refractivity contribution in [2.75, 3.05) is 0 Å². The molecule has 5 nitrogen and oxygen atoms in total. The molecule has 0 spiro atoms. The van der Waals surface area contributed by atoms with Crippen LogP contribution < -0.4 is 5.32 Å². The summed E-state index contributed by atoms with van der Waals surface area (Å²) in [5.74, 6) is -1.17. The monoisotopic (exact) mass is 372 g/mol. The molecule has 0 radical (unpaired) electrons. The van der Waals surface area contributed by atoms with E-state index in [2.05, 4.69) is 17.2 Å². The standard InChI is InChI=1S/C22H32N2O3/c1-3-4-5-6-7-8-9-10-21(25)24-20(22(26)27)14-17-15-23-19-12-11-16(2)13-18(17)19/h11-13,15,20,23H,3-10,14H2,1-2H3,(H,24,25)(H,26,27)/t20-/m0/s1. The molecule has 1 amide bonds. The van der Waals surface area contributed by atoms with E-state index < -0.39 is 12.0 Å². The molecule has 3 N–H and O–H groups in total. The predicted octanol–water partition coefficient (Wildman–Crippen LogP) is 4.73. The number of carboxylic acid groups (broad SMARTS) is 1. The number of nitrogens with one attached hydrogen (secondary N) is 2. The van der Waals surface area contributed by atoms with Crippen LogP contribution in [0, 0.1) is 6.92 Å². The second-order valence-electron chi connectivity index (χ2n) is 7.40. The normalized spacial score (nSPS) is 12.2. The zero-order valence-corrected chi connectivity index (χ0v) is 16.5. The number of rotatable bonds is 12. The van der Waals surface area contributed by atoms with Crippen LogP contribution in [0.15, 0.2) is 24.4 Å². The van der Waals surface area contributed by atoms with Gasteiger partial charge in [0.05, 0.1) is 0 Å². The number of carboxylic acids is 1. The van der Waals surface area contributed by atoms with Gasteiger partial charge < -0.3 is 15.4 Å². The number of fused-ring (bicyclic) bond motifs is 1. The molecule has 2 rings (SSSR count). The number of carbonyl (C=O) groups excluding carboxylic acids is 1. The Bertz CT molecular complexity index is 751. The maximum atomic E-state index is 12.2. The molecule has 0 saturated carbocycles. The smallest absolute Gasteiger partial charge is 0.326 e. The first kappa shape index (κ1) is 21.0. The Morgan fingerprint density at radius 1 is 1.11 bits per heavy atom. The lowest BCUT2D eigenvalue weighted by Gasteiger charge is -2.14. The number of unbranched alkanes of at least 4 members (excludes halogenated alkanes) is 6. The van der Waals surface area contributed by atoms with Crippen LogP contribution in [0.2, 0.25) is 0 Å². The van der Waals surface area contributed by atoms with Gasteiger partial charge in [0.15, 0.2) is 0 Å². The van der Waals surface area contributed by atoms with Gasteiger partial charge in [0, 0.05) is 29.9 Å². The summed E-state index contributed by atoms with van der Waals surface area (Å²) in [6, 6.07) is 5.15. The first-order chi connectivity index (χ1) is 13.0. The van der Waals surface area contributed by atoms with E-state index in [1.54, 1.807) is 0 Å². The van der Waals surface area contributed by atoms with Crippen LogP contribution in [-0.2, 0) is 16.0 Å². The molecular formula is C22H32N2O3. The number of aliphatic carboxylic acids is 1. The maximum Gasteiger partial charge on any atom is 0.326 e. The Balaban J connectivity index is 1.83. The zero-order valence-electron chi connectivity index (χ0n) is 16.5. The molecule has 0 aliphatic rings. The zero-order chi connectivity index (χ0) is 19.6. The van der Waals surface area contributed by atoms with E-state index in [0.717, 1.165) is 41.3 Å². The molecular weight excluding hydrogens is 340 g/mol. The molecule has 0 bridgehead atoms. The second kappa shape index (κ2) is 10.8. The highest BCUT2D eigenvalue weighted by molar-refractivity contribution is 5.87. The van der Waals surface area contributed by atoms with Crippen LogP contribution in [0.25, 0.3) is 10.9 Å². The van der Waals surface area contributed by atoms with Crippen molar-refractivity contribution in [3.05, 3.63) is 35.5 Å². The van der Waals surface area contributed by atoms with Crippen LogP contribution in [-0.4, -0.2) is 28.0 Å². The number of aryl methyl sites for hydroxylation is 1. The Morgan fingerprint density at radius 3 is 2.52 bits per heavy atom. The fourth-order valence-corrected chi connectivity index (χ4v) is 3.39. The van der Waals surface area contributed by atoms with Gasteiger partial charge in [-0.15, -0.1) is 0 Å². The molecule has 0 aliphatic carbocycles. The topological polar surface area (TPSA) is 82.2 Å². The van der Waals surface area contributed by atoms with Crippen LogP contribution in [0.1, 0.15) is 69.4 Å². The first-order valence-electron chi connectivity index (χ1n) is 10.1. The summed E-state index contributed by atoms with van der Waals surface area (Å²) in [4.78, 5) is 26.9. The number of aromatic nitrogens is 1. The number of benzene rings is 1. The molecule has 0 unspecified atom stereocenters. The van der Waals surface area contributed by atoms with Gasteiger partial charge in [-0.2, -0.15) is 0 Å². The molecule has 1 aromatic heterocycles. The van der Waals surface area contributed by atoms with E-state index in [1.165, 1.54) is 25.7 Å². The SMILES string of the molecule is CCCCCCCCCC(=O)N[C@@H](Cc1c[nH]c2ccc(C)cc12)C(=O)O. The van der Waals surface area contributed by atoms with Crippen molar-refractivity contribution in [1.29, 1.82) is 0 Å². The van der Waals surface area contributed by atoms with E-state index in [-0.39, 0.29) is 12.3 Å². The molecule has 27 heavy (non-hydrogen) atoms. The van der Waals surface area contributed by atoms with Gasteiger partial charge in [0.2, 0.25) is 5.91 Å². The van der Waals surface area contributed by atoms with E-state index >= 15 is 0 Å². The number of H-pyrrole nitrogens is 1. The van der Waals surface area contributed by atoms with Gasteiger partial charge >= 0.3 is 5.97 Å². The molecule has 1 heterocycles. The van der Waals surface area contributed by atoms with Crippen molar-refractivity contribution in [2.24, 2.45) is 0 Å². The minimum absolute atomic E-state index is 0.174. The Kier molecular flexibility index (Phi) is 8.37. The minimum atomic E-state index is -0.995. The average Bonchev–Trinajstić information content (AvgIpc) is 3.02. The molecule has 0 fully saturated rings. The van der Waals surface area contributed by atoms with Crippen LogP contribution in [0.5, 0.6) is 0 Å². The average molecular weight is 373 g/mol. The molecule has 0 aliphatic heterocycles. The van der Waals surface area contributed by atoms with Gasteiger partial charge in [-0.3, -0.25) is 4.79 Å². The van der Waals surface area contributed by atoms with E-state index in [1.807, 2.05) is 31.3 Å². The van der Waals surface area contributed by atoms with E-state index in [0.29, 0.717) is 6.42 Å². The third-order valence-corrected chi connectivity index (χ3v) is 4.99. The van der Waals surface area contributed by atoms with Crippen molar-refractivity contribution >= 4 is 22.8 Å². The van der Waals surface area contributed by atoms with Crippen molar-refractivity contribution in [2.45, 2.75) is 77.7 Å². The summed E-state index contributed by atoms with van der Waals surface area (Å²) >= 11 is 0. The van der Waals surface area contributed by atoms with Crippen LogP contribution >= 0.6 is 0 Å². The van der Waals surface area contributed by atoms with Crippen molar-refractivity contribution in [3.8, 4) is 0 Å². The van der Waals surface area contributed by atoms with Crippen LogP contribution in [0.3, 0.4) is 0 Å². The van der Waals surface area contributed by atoms with Gasteiger partial charge in [-0.05, 0) is 31.0 Å². The summed E-state index contributed by atoms with van der Waals surface area (Å²) in [6.07, 6.45) is 10.5. The lowest BCUT2D eigenvalue weighted by molar-refractivity contribution is -0.141. The molecule has 1 aromatic carbocycles. The lowest BCUT2D eigenvalue weighted by atomic mass is 10.0. The largest absolute Gasteiger partial charge is 0.480 e.